The molecular weight excluding hydrogens is 276 g/mol. The van der Waals surface area contributed by atoms with Gasteiger partial charge in [-0.15, -0.1) is 0 Å². The Balaban J connectivity index is 2.29. The zero-order chi connectivity index (χ0) is 14.3. The molecule has 3 rings (SSSR count). The summed E-state index contributed by atoms with van der Waals surface area (Å²) >= 11 is 1.07. The summed E-state index contributed by atoms with van der Waals surface area (Å²) in [5, 5.41) is 9.95. The standard InChI is InChI=1S/C14H12N2O3S/c1-8-13(16(7-12(17)18)14(19)20-8)10-6-15-11-5-3-2-4-9(10)11/h2-6,15H,7H2,1H3,(H,17,18). The van der Waals surface area contributed by atoms with Crippen molar-refractivity contribution in [2.45, 2.75) is 13.5 Å². The number of hydrogen-bond acceptors (Lipinski definition) is 3. The van der Waals surface area contributed by atoms with Crippen molar-refractivity contribution >= 4 is 28.2 Å². The molecule has 6 heteroatoms. The highest BCUT2D eigenvalue weighted by Crippen LogP contribution is 2.31. The van der Waals surface area contributed by atoms with E-state index < -0.39 is 5.97 Å². The number of carboxylic acids is 1. The Morgan fingerprint density at radius 2 is 2.15 bits per heavy atom. The van der Waals surface area contributed by atoms with Gasteiger partial charge in [0, 0.05) is 27.5 Å². The molecule has 20 heavy (non-hydrogen) atoms. The summed E-state index contributed by atoms with van der Waals surface area (Å²) < 4.78 is 1.32. The summed E-state index contributed by atoms with van der Waals surface area (Å²) in [4.78, 5) is 26.6. The largest absolute Gasteiger partial charge is 0.480 e. The van der Waals surface area contributed by atoms with Crippen LogP contribution in [-0.2, 0) is 11.3 Å². The minimum absolute atomic E-state index is 0.245. The molecule has 2 N–H and O–H groups in total. The molecule has 0 unspecified atom stereocenters. The second-order valence-corrected chi connectivity index (χ2v) is 5.67. The normalized spacial score (nSPS) is 11.1. The Bertz CT molecular complexity index is 857. The molecule has 0 spiro atoms. The van der Waals surface area contributed by atoms with Gasteiger partial charge in [0.15, 0.2) is 0 Å². The highest BCUT2D eigenvalue weighted by Gasteiger charge is 2.18. The number of thiazole rings is 1. The number of H-pyrrole nitrogens is 1. The Morgan fingerprint density at radius 1 is 1.40 bits per heavy atom. The van der Waals surface area contributed by atoms with E-state index in [0.29, 0.717) is 5.69 Å². The van der Waals surface area contributed by atoms with Crippen LogP contribution in [0.2, 0.25) is 0 Å². The van der Waals surface area contributed by atoms with Crippen molar-refractivity contribution in [1.29, 1.82) is 0 Å². The molecule has 0 fully saturated rings. The van der Waals surface area contributed by atoms with E-state index in [-0.39, 0.29) is 11.4 Å². The number of para-hydroxylation sites is 1. The lowest BCUT2D eigenvalue weighted by Gasteiger charge is -2.05. The third kappa shape index (κ3) is 1.94. The number of aromatic nitrogens is 2. The van der Waals surface area contributed by atoms with Gasteiger partial charge in [-0.1, -0.05) is 29.5 Å². The van der Waals surface area contributed by atoms with Gasteiger partial charge in [0.1, 0.15) is 6.54 Å². The van der Waals surface area contributed by atoms with E-state index >= 15 is 0 Å². The summed E-state index contributed by atoms with van der Waals surface area (Å²) in [6.07, 6.45) is 1.82. The van der Waals surface area contributed by atoms with Crippen LogP contribution in [0.3, 0.4) is 0 Å². The van der Waals surface area contributed by atoms with E-state index in [2.05, 4.69) is 4.98 Å². The molecular formula is C14H12N2O3S. The van der Waals surface area contributed by atoms with Gasteiger partial charge in [0.2, 0.25) is 0 Å². The lowest BCUT2D eigenvalue weighted by Crippen LogP contribution is -2.19. The second-order valence-electron chi connectivity index (χ2n) is 4.50. The van der Waals surface area contributed by atoms with Crippen molar-refractivity contribution in [3.05, 3.63) is 45.0 Å². The molecule has 0 aliphatic heterocycles. The fourth-order valence-electron chi connectivity index (χ4n) is 2.40. The SMILES string of the molecule is Cc1sc(=O)n(CC(=O)O)c1-c1c[nH]c2ccccc12. The Kier molecular flexibility index (Phi) is 2.94. The van der Waals surface area contributed by atoms with Crippen molar-refractivity contribution in [2.75, 3.05) is 0 Å². The number of aliphatic carboxylic acids is 1. The fourth-order valence-corrected chi connectivity index (χ4v) is 3.24. The van der Waals surface area contributed by atoms with Crippen molar-refractivity contribution in [1.82, 2.24) is 9.55 Å². The monoisotopic (exact) mass is 288 g/mol. The number of aryl methyl sites for hydroxylation is 1. The van der Waals surface area contributed by atoms with Crippen molar-refractivity contribution in [2.24, 2.45) is 0 Å². The van der Waals surface area contributed by atoms with Gasteiger partial charge in [-0.25, -0.2) is 0 Å². The van der Waals surface area contributed by atoms with Crippen LogP contribution in [0.5, 0.6) is 0 Å². The smallest absolute Gasteiger partial charge is 0.323 e. The number of benzene rings is 1. The first-order valence-corrected chi connectivity index (χ1v) is 6.88. The van der Waals surface area contributed by atoms with Crippen LogP contribution in [0.15, 0.2) is 35.3 Å². The molecule has 1 aromatic carbocycles. The maximum absolute atomic E-state index is 11.9. The molecule has 0 amide bonds. The van der Waals surface area contributed by atoms with Crippen molar-refractivity contribution in [3.8, 4) is 11.3 Å². The zero-order valence-electron chi connectivity index (χ0n) is 10.7. The summed E-state index contributed by atoms with van der Waals surface area (Å²) in [6, 6.07) is 7.74. The predicted molar refractivity (Wildman–Crippen MR) is 78.2 cm³/mol. The van der Waals surface area contributed by atoms with E-state index in [4.69, 9.17) is 5.11 Å². The molecule has 0 saturated carbocycles. The Morgan fingerprint density at radius 3 is 2.90 bits per heavy atom. The Hall–Kier alpha value is -2.34. The molecule has 2 heterocycles. The number of carboxylic acid groups (broad SMARTS) is 1. The number of hydrogen-bond donors (Lipinski definition) is 2. The molecule has 0 saturated heterocycles. The minimum Gasteiger partial charge on any atom is -0.480 e. The average molecular weight is 288 g/mol. The maximum atomic E-state index is 11.9. The molecule has 0 aliphatic rings. The number of rotatable bonds is 3. The van der Waals surface area contributed by atoms with Crippen LogP contribution in [0, 0.1) is 6.92 Å². The number of nitrogens with one attached hydrogen (secondary N) is 1. The first-order valence-electron chi connectivity index (χ1n) is 6.06. The van der Waals surface area contributed by atoms with Gasteiger partial charge in [0.05, 0.1) is 5.69 Å². The van der Waals surface area contributed by atoms with Gasteiger partial charge in [-0.3, -0.25) is 14.2 Å². The summed E-state index contributed by atoms with van der Waals surface area (Å²) in [5.41, 5.74) is 2.50. The highest BCUT2D eigenvalue weighted by molar-refractivity contribution is 7.09. The van der Waals surface area contributed by atoms with Gasteiger partial charge >= 0.3 is 10.8 Å². The lowest BCUT2D eigenvalue weighted by molar-refractivity contribution is -0.137. The lowest BCUT2D eigenvalue weighted by atomic mass is 10.1. The average Bonchev–Trinajstić information content (AvgIpc) is 2.92. The van der Waals surface area contributed by atoms with Gasteiger partial charge in [-0.05, 0) is 13.0 Å². The zero-order valence-corrected chi connectivity index (χ0v) is 11.5. The van der Waals surface area contributed by atoms with Crippen LogP contribution in [0.1, 0.15) is 4.88 Å². The summed E-state index contributed by atoms with van der Waals surface area (Å²) in [5.74, 6) is -1.02. The van der Waals surface area contributed by atoms with Crippen LogP contribution in [0.25, 0.3) is 22.2 Å². The van der Waals surface area contributed by atoms with E-state index in [9.17, 15) is 9.59 Å². The van der Waals surface area contributed by atoms with E-state index in [0.717, 1.165) is 32.7 Å². The van der Waals surface area contributed by atoms with E-state index in [1.807, 2.05) is 37.4 Å². The maximum Gasteiger partial charge on any atom is 0.323 e. The van der Waals surface area contributed by atoms with Crippen molar-refractivity contribution in [3.63, 3.8) is 0 Å². The van der Waals surface area contributed by atoms with Crippen molar-refractivity contribution < 1.29 is 9.90 Å². The molecule has 3 aromatic rings. The van der Waals surface area contributed by atoms with Gasteiger partial charge in [0.25, 0.3) is 0 Å². The number of nitrogens with zero attached hydrogens (tertiary/aromatic N) is 1. The van der Waals surface area contributed by atoms with Crippen LogP contribution < -0.4 is 4.87 Å². The van der Waals surface area contributed by atoms with Gasteiger partial charge in [-0.2, -0.15) is 0 Å². The predicted octanol–water partition coefficient (Wildman–Crippen LogP) is 2.45. The number of aromatic amines is 1. The molecule has 0 bridgehead atoms. The third-order valence-electron chi connectivity index (χ3n) is 3.20. The van der Waals surface area contributed by atoms with E-state index in [1.54, 1.807) is 0 Å². The minimum atomic E-state index is -1.02. The summed E-state index contributed by atoms with van der Waals surface area (Å²) in [6.45, 7) is 1.51. The van der Waals surface area contributed by atoms with E-state index in [1.165, 1.54) is 4.57 Å². The van der Waals surface area contributed by atoms with Crippen LogP contribution >= 0.6 is 11.3 Å². The topological polar surface area (TPSA) is 75.1 Å². The summed E-state index contributed by atoms with van der Waals surface area (Å²) in [7, 11) is 0. The quantitative estimate of drug-likeness (QED) is 0.777. The van der Waals surface area contributed by atoms with Crippen LogP contribution in [0.4, 0.5) is 0 Å². The van der Waals surface area contributed by atoms with Gasteiger partial charge < -0.3 is 10.1 Å². The molecule has 0 radical (unpaired) electrons. The molecule has 102 valence electrons. The second kappa shape index (κ2) is 4.64. The number of carbonyl (C=O) groups is 1. The first kappa shape index (κ1) is 12.7. The third-order valence-corrected chi connectivity index (χ3v) is 4.10. The molecule has 5 nitrogen and oxygen atoms in total. The highest BCUT2D eigenvalue weighted by atomic mass is 32.1. The van der Waals surface area contributed by atoms with Crippen LogP contribution in [-0.4, -0.2) is 20.6 Å². The molecule has 2 aromatic heterocycles. The Labute approximate surface area is 118 Å². The number of fused-ring (bicyclic) bond motifs is 1. The first-order chi connectivity index (χ1) is 9.58. The molecule has 0 atom stereocenters. The molecule has 0 aliphatic carbocycles. The fraction of sp³-hybridized carbons (Fsp3) is 0.143.